The van der Waals surface area contributed by atoms with Crippen molar-refractivity contribution in [3.05, 3.63) is 18.2 Å². The second-order valence-electron chi connectivity index (χ2n) is 3.87. The monoisotopic (exact) mass is 208 g/mol. The first kappa shape index (κ1) is 10.2. The van der Waals surface area contributed by atoms with Crippen molar-refractivity contribution in [2.75, 3.05) is 6.54 Å². The van der Waals surface area contributed by atoms with Gasteiger partial charge in [0.1, 0.15) is 5.82 Å². The molecule has 2 rings (SSSR count). The third kappa shape index (κ3) is 2.56. The Bertz CT molecular complexity index is 337. The molecule has 0 radical (unpaired) electrons. The Kier molecular flexibility index (Phi) is 3.01. The molecule has 82 valence electrons. The summed E-state index contributed by atoms with van der Waals surface area (Å²) in [6.45, 7) is 1.48. The van der Waals surface area contributed by atoms with Crippen LogP contribution >= 0.6 is 0 Å². The van der Waals surface area contributed by atoms with E-state index < -0.39 is 0 Å². The van der Waals surface area contributed by atoms with Crippen LogP contribution in [-0.2, 0) is 18.4 Å². The Labute approximate surface area is 88.9 Å². The summed E-state index contributed by atoms with van der Waals surface area (Å²) >= 11 is 0. The van der Waals surface area contributed by atoms with E-state index >= 15 is 0 Å². The summed E-state index contributed by atoms with van der Waals surface area (Å²) in [7, 11) is 1.98. The fourth-order valence-electron chi connectivity index (χ4n) is 1.71. The predicted molar refractivity (Wildman–Crippen MR) is 56.1 cm³/mol. The molecule has 0 bridgehead atoms. The Balaban J connectivity index is 1.79. The van der Waals surface area contributed by atoms with Crippen LogP contribution in [0.2, 0.25) is 0 Å². The molecule has 1 atom stereocenters. The molecule has 1 unspecified atom stereocenters. The van der Waals surface area contributed by atoms with Crippen LogP contribution < -0.4 is 10.6 Å². The van der Waals surface area contributed by atoms with Crippen LogP contribution in [0.5, 0.6) is 0 Å². The van der Waals surface area contributed by atoms with Crippen molar-refractivity contribution in [3.8, 4) is 0 Å². The molecule has 0 aromatic carbocycles. The zero-order valence-corrected chi connectivity index (χ0v) is 8.86. The third-order valence-corrected chi connectivity index (χ3v) is 2.74. The first-order chi connectivity index (χ1) is 7.25. The first-order valence-corrected chi connectivity index (χ1v) is 5.22. The summed E-state index contributed by atoms with van der Waals surface area (Å²) in [5.41, 5.74) is 0. The molecule has 2 N–H and O–H groups in total. The molecule has 1 aliphatic heterocycles. The van der Waals surface area contributed by atoms with Gasteiger partial charge in [0.2, 0.25) is 5.91 Å². The van der Waals surface area contributed by atoms with Crippen molar-refractivity contribution in [3.63, 3.8) is 0 Å². The Morgan fingerprint density at radius 2 is 2.60 bits per heavy atom. The van der Waals surface area contributed by atoms with Crippen LogP contribution in [0.3, 0.4) is 0 Å². The van der Waals surface area contributed by atoms with Crippen molar-refractivity contribution in [1.82, 2.24) is 20.2 Å². The smallest absolute Gasteiger partial charge is 0.220 e. The maximum atomic E-state index is 10.9. The molecule has 15 heavy (non-hydrogen) atoms. The summed E-state index contributed by atoms with van der Waals surface area (Å²) in [6.07, 6.45) is 5.26. The molecule has 0 saturated carbocycles. The Hall–Kier alpha value is -1.36. The molecule has 1 fully saturated rings. The molecule has 5 heteroatoms. The molecule has 1 amide bonds. The molecule has 0 spiro atoms. The summed E-state index contributed by atoms with van der Waals surface area (Å²) < 4.78 is 1.99. The van der Waals surface area contributed by atoms with Crippen LogP contribution in [-0.4, -0.2) is 28.0 Å². The van der Waals surface area contributed by atoms with Crippen LogP contribution in [0.4, 0.5) is 0 Å². The number of hydrogen-bond donors (Lipinski definition) is 2. The summed E-state index contributed by atoms with van der Waals surface area (Å²) in [4.78, 5) is 15.2. The van der Waals surface area contributed by atoms with Gasteiger partial charge < -0.3 is 15.2 Å². The van der Waals surface area contributed by atoms with Gasteiger partial charge in [0.05, 0.1) is 6.54 Å². The molecule has 1 aromatic heterocycles. The van der Waals surface area contributed by atoms with Gasteiger partial charge in [-0.15, -0.1) is 0 Å². The fourth-order valence-corrected chi connectivity index (χ4v) is 1.71. The number of carbonyl (C=O) groups is 1. The van der Waals surface area contributed by atoms with Crippen molar-refractivity contribution >= 4 is 5.91 Å². The van der Waals surface area contributed by atoms with Gasteiger partial charge in [0, 0.05) is 38.4 Å². The molecule has 1 aliphatic rings. The Morgan fingerprint density at radius 1 is 1.73 bits per heavy atom. The lowest BCUT2D eigenvalue weighted by molar-refractivity contribution is -0.122. The SMILES string of the molecule is Cn1ccnc1CNC1CCC(=O)NC1. The van der Waals surface area contributed by atoms with Gasteiger partial charge in [-0.3, -0.25) is 4.79 Å². The number of piperidine rings is 1. The number of aromatic nitrogens is 2. The quantitative estimate of drug-likeness (QED) is 0.722. The zero-order valence-electron chi connectivity index (χ0n) is 8.86. The van der Waals surface area contributed by atoms with Crippen LogP contribution in [0, 0.1) is 0 Å². The van der Waals surface area contributed by atoms with Gasteiger partial charge in [0.25, 0.3) is 0 Å². The van der Waals surface area contributed by atoms with E-state index in [1.807, 2.05) is 17.8 Å². The highest BCUT2D eigenvalue weighted by Gasteiger charge is 2.17. The highest BCUT2D eigenvalue weighted by molar-refractivity contribution is 5.76. The maximum Gasteiger partial charge on any atom is 0.220 e. The average Bonchev–Trinajstić information content (AvgIpc) is 2.63. The van der Waals surface area contributed by atoms with Crippen LogP contribution in [0.25, 0.3) is 0 Å². The minimum Gasteiger partial charge on any atom is -0.355 e. The normalized spacial score (nSPS) is 21.4. The lowest BCUT2D eigenvalue weighted by Gasteiger charge is -2.23. The summed E-state index contributed by atoms with van der Waals surface area (Å²) in [5.74, 6) is 1.18. The molecule has 1 saturated heterocycles. The van der Waals surface area contributed by atoms with Gasteiger partial charge in [-0.2, -0.15) is 0 Å². The standard InChI is InChI=1S/C10H16N4O/c1-14-5-4-11-9(14)7-12-8-2-3-10(15)13-6-8/h4-5,8,12H,2-3,6-7H2,1H3,(H,13,15). The first-order valence-electron chi connectivity index (χ1n) is 5.22. The lowest BCUT2D eigenvalue weighted by atomic mass is 10.1. The van der Waals surface area contributed by atoms with E-state index in [0.29, 0.717) is 12.5 Å². The van der Waals surface area contributed by atoms with E-state index in [0.717, 1.165) is 25.3 Å². The highest BCUT2D eigenvalue weighted by atomic mass is 16.1. The number of amides is 1. The lowest BCUT2D eigenvalue weighted by Crippen LogP contribution is -2.45. The van der Waals surface area contributed by atoms with Gasteiger partial charge in [-0.25, -0.2) is 4.98 Å². The minimum absolute atomic E-state index is 0.157. The predicted octanol–water partition coefficient (Wildman–Crippen LogP) is -0.212. The highest BCUT2D eigenvalue weighted by Crippen LogP contribution is 2.03. The van der Waals surface area contributed by atoms with Crippen molar-refractivity contribution in [2.24, 2.45) is 7.05 Å². The van der Waals surface area contributed by atoms with Gasteiger partial charge in [0.15, 0.2) is 0 Å². The maximum absolute atomic E-state index is 10.9. The Morgan fingerprint density at radius 3 is 3.20 bits per heavy atom. The van der Waals surface area contributed by atoms with E-state index in [1.165, 1.54) is 0 Å². The van der Waals surface area contributed by atoms with Crippen LogP contribution in [0.15, 0.2) is 12.4 Å². The molecule has 0 aliphatic carbocycles. The number of aryl methyl sites for hydroxylation is 1. The van der Waals surface area contributed by atoms with Crippen molar-refractivity contribution in [1.29, 1.82) is 0 Å². The number of rotatable bonds is 3. The number of hydrogen-bond acceptors (Lipinski definition) is 3. The van der Waals surface area contributed by atoms with Gasteiger partial charge in [-0.1, -0.05) is 0 Å². The summed E-state index contributed by atoms with van der Waals surface area (Å²) in [6, 6.07) is 0.374. The van der Waals surface area contributed by atoms with Crippen LogP contribution in [0.1, 0.15) is 18.7 Å². The number of carbonyl (C=O) groups excluding carboxylic acids is 1. The van der Waals surface area contributed by atoms with Gasteiger partial charge >= 0.3 is 0 Å². The number of nitrogens with one attached hydrogen (secondary N) is 2. The second kappa shape index (κ2) is 4.44. The molecular weight excluding hydrogens is 192 g/mol. The summed E-state index contributed by atoms with van der Waals surface area (Å²) in [5, 5.41) is 6.24. The van der Waals surface area contributed by atoms with E-state index in [4.69, 9.17) is 0 Å². The zero-order chi connectivity index (χ0) is 10.7. The molecule has 1 aromatic rings. The topological polar surface area (TPSA) is 59.0 Å². The second-order valence-corrected chi connectivity index (χ2v) is 3.87. The van der Waals surface area contributed by atoms with Gasteiger partial charge in [-0.05, 0) is 6.42 Å². The molecule has 2 heterocycles. The van der Waals surface area contributed by atoms with E-state index in [-0.39, 0.29) is 5.91 Å². The number of imidazole rings is 1. The van der Waals surface area contributed by atoms with E-state index in [9.17, 15) is 4.79 Å². The largest absolute Gasteiger partial charge is 0.355 e. The number of nitrogens with zero attached hydrogens (tertiary/aromatic N) is 2. The fraction of sp³-hybridized carbons (Fsp3) is 0.600. The van der Waals surface area contributed by atoms with E-state index in [2.05, 4.69) is 15.6 Å². The van der Waals surface area contributed by atoms with Crippen molar-refractivity contribution in [2.45, 2.75) is 25.4 Å². The average molecular weight is 208 g/mol. The molecule has 5 nitrogen and oxygen atoms in total. The third-order valence-electron chi connectivity index (χ3n) is 2.74. The van der Waals surface area contributed by atoms with Crippen molar-refractivity contribution < 1.29 is 4.79 Å². The molecular formula is C10H16N4O. The minimum atomic E-state index is 0.157. The van der Waals surface area contributed by atoms with E-state index in [1.54, 1.807) is 6.20 Å².